The maximum absolute atomic E-state index is 10.9. The molecule has 0 aliphatic carbocycles. The maximum atomic E-state index is 10.9. The van der Waals surface area contributed by atoms with E-state index in [0.717, 1.165) is 26.4 Å². The maximum Gasteiger partial charge on any atom is 0.345 e. The van der Waals surface area contributed by atoms with Gasteiger partial charge in [0, 0.05) is 27.6 Å². The highest BCUT2D eigenvalue weighted by Crippen LogP contribution is 2.26. The van der Waals surface area contributed by atoms with Gasteiger partial charge in [0.05, 0.1) is 7.11 Å². The van der Waals surface area contributed by atoms with Gasteiger partial charge < -0.3 is 15.2 Å². The number of aromatic carboxylic acids is 1. The van der Waals surface area contributed by atoms with Crippen LogP contribution in [0.15, 0.2) is 28.7 Å². The minimum Gasteiger partial charge on any atom is -0.497 e. The summed E-state index contributed by atoms with van der Waals surface area (Å²) in [5, 5.41) is 12.3. The summed E-state index contributed by atoms with van der Waals surface area (Å²) in [6, 6.07) is 7.43. The van der Waals surface area contributed by atoms with Crippen LogP contribution < -0.4 is 10.1 Å². The molecule has 0 unspecified atom stereocenters. The van der Waals surface area contributed by atoms with E-state index in [0.29, 0.717) is 11.4 Å². The van der Waals surface area contributed by atoms with E-state index < -0.39 is 5.97 Å². The number of methoxy groups -OCH3 is 1. The molecule has 4 nitrogen and oxygen atoms in total. The van der Waals surface area contributed by atoms with Gasteiger partial charge in [-0.1, -0.05) is 15.9 Å². The molecule has 2 rings (SSSR count). The smallest absolute Gasteiger partial charge is 0.345 e. The highest BCUT2D eigenvalue weighted by Gasteiger charge is 2.11. The van der Waals surface area contributed by atoms with E-state index in [1.165, 1.54) is 11.3 Å². The van der Waals surface area contributed by atoms with Crippen molar-refractivity contribution >= 4 is 38.9 Å². The average Bonchev–Trinajstić information content (AvgIpc) is 2.77. The Kier molecular flexibility index (Phi) is 4.67. The molecule has 1 aromatic carbocycles. The lowest BCUT2D eigenvalue weighted by Crippen LogP contribution is -2.00. The number of ether oxygens (including phenoxy) is 1. The molecule has 0 saturated heterocycles. The third kappa shape index (κ3) is 3.52. The number of anilines is 1. The quantitative estimate of drug-likeness (QED) is 0.846. The van der Waals surface area contributed by atoms with Crippen molar-refractivity contribution in [1.82, 2.24) is 0 Å². The van der Waals surface area contributed by atoms with Gasteiger partial charge in [0.1, 0.15) is 10.6 Å². The van der Waals surface area contributed by atoms with Crippen molar-refractivity contribution in [2.24, 2.45) is 0 Å². The van der Waals surface area contributed by atoms with Gasteiger partial charge in [-0.3, -0.25) is 0 Å². The predicted octanol–water partition coefficient (Wildman–Crippen LogP) is 4.14. The Bertz CT molecular complexity index is 639. The molecular weight excluding hydrogens is 342 g/mol. The Labute approximate surface area is 129 Å². The lowest BCUT2D eigenvalue weighted by molar-refractivity contribution is 0.0702. The van der Waals surface area contributed by atoms with Crippen LogP contribution in [0.1, 0.15) is 20.1 Å². The van der Waals surface area contributed by atoms with E-state index in [2.05, 4.69) is 21.2 Å². The minimum absolute atomic E-state index is 0.367. The lowest BCUT2D eigenvalue weighted by Gasteiger charge is -2.09. The Balaban J connectivity index is 2.12. The number of carboxylic acid groups (broad SMARTS) is 1. The third-order valence-electron chi connectivity index (χ3n) is 2.82. The zero-order valence-corrected chi connectivity index (χ0v) is 13.5. The molecule has 1 heterocycles. The van der Waals surface area contributed by atoms with Crippen LogP contribution in [-0.2, 0) is 6.54 Å². The van der Waals surface area contributed by atoms with Crippen LogP contribution >= 0.6 is 27.3 Å². The first-order chi connectivity index (χ1) is 9.49. The van der Waals surface area contributed by atoms with Crippen molar-refractivity contribution < 1.29 is 14.6 Å². The molecule has 1 aromatic heterocycles. The molecule has 0 spiro atoms. The molecule has 2 N–H and O–H groups in total. The lowest BCUT2D eigenvalue weighted by atomic mass is 10.2. The second-order valence-electron chi connectivity index (χ2n) is 4.23. The highest BCUT2D eigenvalue weighted by molar-refractivity contribution is 9.10. The van der Waals surface area contributed by atoms with Crippen molar-refractivity contribution in [3.05, 3.63) is 44.1 Å². The summed E-state index contributed by atoms with van der Waals surface area (Å²) in [5.41, 5.74) is 1.91. The number of hydrogen-bond donors (Lipinski definition) is 2. The molecule has 106 valence electrons. The number of aryl methyl sites for hydroxylation is 1. The fourth-order valence-electron chi connectivity index (χ4n) is 1.78. The molecule has 0 aliphatic rings. The van der Waals surface area contributed by atoms with Crippen LogP contribution in [0, 0.1) is 6.92 Å². The first-order valence-electron chi connectivity index (χ1n) is 5.90. The largest absolute Gasteiger partial charge is 0.497 e. The van der Waals surface area contributed by atoms with Crippen molar-refractivity contribution in [3.8, 4) is 5.75 Å². The Morgan fingerprint density at radius 1 is 1.40 bits per heavy atom. The number of carbonyl (C=O) groups is 1. The zero-order chi connectivity index (χ0) is 14.7. The van der Waals surface area contributed by atoms with Crippen LogP contribution in [0.4, 0.5) is 5.69 Å². The van der Waals surface area contributed by atoms with Crippen LogP contribution in [0.2, 0.25) is 0 Å². The average molecular weight is 356 g/mol. The topological polar surface area (TPSA) is 58.6 Å². The summed E-state index contributed by atoms with van der Waals surface area (Å²) in [4.78, 5) is 12.3. The Hall–Kier alpha value is -1.53. The number of halogens is 1. The summed E-state index contributed by atoms with van der Waals surface area (Å²) in [5.74, 6) is -0.122. The first-order valence-corrected chi connectivity index (χ1v) is 7.51. The highest BCUT2D eigenvalue weighted by atomic mass is 79.9. The van der Waals surface area contributed by atoms with E-state index in [1.54, 1.807) is 13.2 Å². The second kappa shape index (κ2) is 6.28. The molecule has 0 bridgehead atoms. The van der Waals surface area contributed by atoms with Crippen LogP contribution in [0.3, 0.4) is 0 Å². The molecule has 6 heteroatoms. The number of benzene rings is 1. The van der Waals surface area contributed by atoms with Gasteiger partial charge in [-0.15, -0.1) is 11.3 Å². The number of hydrogen-bond acceptors (Lipinski definition) is 4. The van der Waals surface area contributed by atoms with E-state index in [4.69, 9.17) is 9.84 Å². The normalized spacial score (nSPS) is 10.3. The zero-order valence-electron chi connectivity index (χ0n) is 11.1. The molecular formula is C14H14BrNO3S. The second-order valence-corrected chi connectivity index (χ2v) is 6.40. The van der Waals surface area contributed by atoms with E-state index in [-0.39, 0.29) is 0 Å². The number of nitrogens with one attached hydrogen (secondary N) is 1. The van der Waals surface area contributed by atoms with Crippen molar-refractivity contribution in [1.29, 1.82) is 0 Å². The summed E-state index contributed by atoms with van der Waals surface area (Å²) >= 11 is 4.72. The minimum atomic E-state index is -0.881. The van der Waals surface area contributed by atoms with Gasteiger partial charge >= 0.3 is 5.97 Å². The summed E-state index contributed by atoms with van der Waals surface area (Å²) < 4.78 is 6.13. The number of thiophene rings is 1. The van der Waals surface area contributed by atoms with E-state index in [9.17, 15) is 4.79 Å². The van der Waals surface area contributed by atoms with Crippen LogP contribution in [-0.4, -0.2) is 18.2 Å². The van der Waals surface area contributed by atoms with Crippen LogP contribution in [0.5, 0.6) is 5.75 Å². The molecule has 0 atom stereocenters. The molecule has 20 heavy (non-hydrogen) atoms. The van der Waals surface area contributed by atoms with Crippen molar-refractivity contribution in [2.45, 2.75) is 13.5 Å². The molecule has 2 aromatic rings. The Morgan fingerprint density at radius 2 is 2.15 bits per heavy atom. The number of rotatable bonds is 5. The SMILES string of the molecule is COc1cc(Br)cc(NCc2cc(C(=O)O)sc2C)c1. The van der Waals surface area contributed by atoms with Gasteiger partial charge in [-0.2, -0.15) is 0 Å². The molecule has 0 saturated carbocycles. The van der Waals surface area contributed by atoms with Crippen molar-refractivity contribution in [2.75, 3.05) is 12.4 Å². The van der Waals surface area contributed by atoms with E-state index in [1.807, 2.05) is 25.1 Å². The standard InChI is InChI=1S/C14H14BrNO3S/c1-8-9(3-13(20-8)14(17)18)7-16-11-4-10(15)5-12(6-11)19-2/h3-6,16H,7H2,1-2H3,(H,17,18). The molecule has 0 radical (unpaired) electrons. The fourth-order valence-corrected chi connectivity index (χ4v) is 3.13. The molecule has 0 amide bonds. The summed E-state index contributed by atoms with van der Waals surface area (Å²) in [6.07, 6.45) is 0. The van der Waals surface area contributed by atoms with Gasteiger partial charge in [0.25, 0.3) is 0 Å². The number of carboxylic acids is 1. The van der Waals surface area contributed by atoms with Gasteiger partial charge in [-0.25, -0.2) is 4.79 Å². The van der Waals surface area contributed by atoms with Gasteiger partial charge in [-0.05, 0) is 30.7 Å². The molecule has 0 fully saturated rings. The van der Waals surface area contributed by atoms with Gasteiger partial charge in [0.2, 0.25) is 0 Å². The van der Waals surface area contributed by atoms with Crippen molar-refractivity contribution in [3.63, 3.8) is 0 Å². The monoisotopic (exact) mass is 355 g/mol. The predicted molar refractivity (Wildman–Crippen MR) is 84.0 cm³/mol. The first kappa shape index (κ1) is 14.9. The third-order valence-corrected chi connectivity index (χ3v) is 4.36. The van der Waals surface area contributed by atoms with Crippen LogP contribution in [0.25, 0.3) is 0 Å². The van der Waals surface area contributed by atoms with Gasteiger partial charge in [0.15, 0.2) is 0 Å². The summed E-state index contributed by atoms with van der Waals surface area (Å²) in [7, 11) is 1.62. The Morgan fingerprint density at radius 3 is 2.75 bits per heavy atom. The molecule has 0 aliphatic heterocycles. The van der Waals surface area contributed by atoms with E-state index >= 15 is 0 Å². The fraction of sp³-hybridized carbons (Fsp3) is 0.214. The summed E-state index contributed by atoms with van der Waals surface area (Å²) in [6.45, 7) is 2.50.